The number of aromatic amines is 1. The lowest BCUT2D eigenvalue weighted by atomic mass is 10.0. The van der Waals surface area contributed by atoms with Crippen LogP contribution in [0.1, 0.15) is 57.9 Å². The van der Waals surface area contributed by atoms with Gasteiger partial charge < -0.3 is 20.4 Å². The zero-order valence-electron chi connectivity index (χ0n) is 21.2. The van der Waals surface area contributed by atoms with Crippen molar-refractivity contribution >= 4 is 34.7 Å². The van der Waals surface area contributed by atoms with Crippen molar-refractivity contribution in [3.8, 4) is 0 Å². The smallest absolute Gasteiger partial charge is 0.429 e. The molecule has 3 rings (SSSR count). The Morgan fingerprint density at radius 3 is 2.56 bits per heavy atom. The van der Waals surface area contributed by atoms with E-state index in [1.54, 1.807) is 26.8 Å². The molecule has 0 saturated carbocycles. The molecule has 196 valence electrons. The first-order chi connectivity index (χ1) is 16.8. The minimum Gasteiger partial charge on any atom is -0.442 e. The Bertz CT molecular complexity index is 1140. The molecule has 0 spiro atoms. The second kappa shape index (κ2) is 11.0. The molecule has 2 heterocycles. The van der Waals surface area contributed by atoms with E-state index in [2.05, 4.69) is 21.0 Å². The molecule has 0 aliphatic carbocycles. The number of benzene rings is 1. The number of fused-ring (bicyclic) bond motifs is 1. The van der Waals surface area contributed by atoms with Crippen LogP contribution in [0.25, 0.3) is 10.9 Å². The third-order valence-electron chi connectivity index (χ3n) is 5.61. The van der Waals surface area contributed by atoms with Gasteiger partial charge in [-0.15, -0.1) is 0 Å². The largest absolute Gasteiger partial charge is 0.442 e. The molecule has 10 nitrogen and oxygen atoms in total. The van der Waals surface area contributed by atoms with Crippen LogP contribution in [-0.4, -0.2) is 58.5 Å². The molecule has 0 bridgehead atoms. The molecular weight excluding hydrogens is 469 g/mol. The Labute approximate surface area is 209 Å². The van der Waals surface area contributed by atoms with E-state index in [-0.39, 0.29) is 35.9 Å². The van der Waals surface area contributed by atoms with Gasteiger partial charge >= 0.3 is 6.09 Å². The van der Waals surface area contributed by atoms with Crippen LogP contribution in [-0.2, 0) is 14.3 Å². The van der Waals surface area contributed by atoms with E-state index < -0.39 is 41.3 Å². The molecule has 2 aromatic rings. The maximum Gasteiger partial charge on any atom is 0.429 e. The van der Waals surface area contributed by atoms with Gasteiger partial charge in [0, 0.05) is 17.4 Å². The number of carbonyl (C=O) groups is 4. The first-order valence-corrected chi connectivity index (χ1v) is 12.0. The molecule has 36 heavy (non-hydrogen) atoms. The van der Waals surface area contributed by atoms with Crippen molar-refractivity contribution in [1.82, 2.24) is 26.1 Å². The Balaban J connectivity index is 1.78. The monoisotopic (exact) mass is 503 g/mol. The Kier molecular flexibility index (Phi) is 8.21. The molecule has 1 aromatic heterocycles. The third kappa shape index (κ3) is 6.96. The fourth-order valence-corrected chi connectivity index (χ4v) is 3.91. The van der Waals surface area contributed by atoms with Gasteiger partial charge in [0.25, 0.3) is 11.8 Å². The SMILES string of the molecule is CC(C)C[C@H](NC(=O)c1cc2c(F)cccc2[nH]1)C(=O)NN(C[C@H]1CCNC1=O)C(=O)OC(C)(C)C. The number of aromatic nitrogens is 1. The summed E-state index contributed by atoms with van der Waals surface area (Å²) in [5, 5.41) is 6.63. The van der Waals surface area contributed by atoms with E-state index in [1.807, 2.05) is 13.8 Å². The number of ether oxygens (including phenoxy) is 1. The van der Waals surface area contributed by atoms with Crippen molar-refractivity contribution < 1.29 is 28.3 Å². The molecule has 1 aromatic carbocycles. The summed E-state index contributed by atoms with van der Waals surface area (Å²) in [6, 6.07) is 4.85. The topological polar surface area (TPSA) is 133 Å². The highest BCUT2D eigenvalue weighted by Gasteiger charge is 2.33. The quantitative estimate of drug-likeness (QED) is 0.432. The number of halogens is 1. The molecule has 11 heteroatoms. The Hall–Kier alpha value is -3.63. The highest BCUT2D eigenvalue weighted by Crippen LogP contribution is 2.19. The summed E-state index contributed by atoms with van der Waals surface area (Å²) in [7, 11) is 0. The summed E-state index contributed by atoms with van der Waals surface area (Å²) in [6.07, 6.45) is -0.0220. The number of rotatable bonds is 7. The minimum absolute atomic E-state index is 0.0248. The van der Waals surface area contributed by atoms with Crippen LogP contribution in [0.4, 0.5) is 9.18 Å². The van der Waals surface area contributed by atoms with Crippen LogP contribution in [0.3, 0.4) is 0 Å². The molecule has 1 aliphatic rings. The minimum atomic E-state index is -1.00. The van der Waals surface area contributed by atoms with Gasteiger partial charge in [-0.2, -0.15) is 0 Å². The van der Waals surface area contributed by atoms with E-state index in [1.165, 1.54) is 18.2 Å². The summed E-state index contributed by atoms with van der Waals surface area (Å²) in [6.45, 7) is 9.26. The van der Waals surface area contributed by atoms with E-state index >= 15 is 0 Å². The molecule has 4 N–H and O–H groups in total. The van der Waals surface area contributed by atoms with Gasteiger partial charge in [-0.3, -0.25) is 19.8 Å². The summed E-state index contributed by atoms with van der Waals surface area (Å²) in [4.78, 5) is 54.0. The Morgan fingerprint density at radius 1 is 1.25 bits per heavy atom. The highest BCUT2D eigenvalue weighted by molar-refractivity contribution is 6.00. The molecule has 2 atom stereocenters. The molecule has 1 aliphatic heterocycles. The third-order valence-corrected chi connectivity index (χ3v) is 5.61. The van der Waals surface area contributed by atoms with Crippen molar-refractivity contribution in [2.75, 3.05) is 13.1 Å². The standard InChI is InChI=1S/C25H34FN5O5/c1-14(2)11-19(29-22(33)20-12-16-17(26)7-6-8-18(16)28-20)23(34)30-31(24(35)36-25(3,4)5)13-15-9-10-27-21(15)32/h6-8,12,14-15,19,28H,9-11,13H2,1-5H3,(H,27,32)(H,29,33)(H,30,34)/t15-,19+/m1/s1. The second-order valence-corrected chi connectivity index (χ2v) is 10.4. The van der Waals surface area contributed by atoms with Crippen molar-refractivity contribution in [1.29, 1.82) is 0 Å². The zero-order valence-corrected chi connectivity index (χ0v) is 21.2. The molecule has 4 amide bonds. The van der Waals surface area contributed by atoms with Crippen LogP contribution >= 0.6 is 0 Å². The fraction of sp³-hybridized carbons (Fsp3) is 0.520. The number of carbonyl (C=O) groups excluding carboxylic acids is 4. The lowest BCUT2D eigenvalue weighted by Gasteiger charge is -2.30. The summed E-state index contributed by atoms with van der Waals surface area (Å²) >= 11 is 0. The van der Waals surface area contributed by atoms with Gasteiger partial charge in [0.1, 0.15) is 23.2 Å². The van der Waals surface area contributed by atoms with Crippen molar-refractivity contribution in [3.63, 3.8) is 0 Å². The Morgan fingerprint density at radius 2 is 1.97 bits per heavy atom. The average Bonchev–Trinajstić information content (AvgIpc) is 3.38. The van der Waals surface area contributed by atoms with Crippen LogP contribution in [0.15, 0.2) is 24.3 Å². The molecule has 0 radical (unpaired) electrons. The van der Waals surface area contributed by atoms with Crippen molar-refractivity contribution in [2.45, 2.75) is 59.1 Å². The van der Waals surface area contributed by atoms with E-state index in [0.29, 0.717) is 18.5 Å². The van der Waals surface area contributed by atoms with Gasteiger partial charge in [0.2, 0.25) is 5.91 Å². The number of amides is 4. The van der Waals surface area contributed by atoms with Crippen molar-refractivity contribution in [3.05, 3.63) is 35.8 Å². The first-order valence-electron chi connectivity index (χ1n) is 12.0. The number of hydrogen-bond donors (Lipinski definition) is 4. The predicted molar refractivity (Wildman–Crippen MR) is 131 cm³/mol. The number of hydrogen-bond acceptors (Lipinski definition) is 5. The van der Waals surface area contributed by atoms with Crippen LogP contribution < -0.4 is 16.1 Å². The van der Waals surface area contributed by atoms with Gasteiger partial charge in [0.15, 0.2) is 0 Å². The van der Waals surface area contributed by atoms with E-state index in [0.717, 1.165) is 5.01 Å². The maximum absolute atomic E-state index is 14.1. The fourth-order valence-electron chi connectivity index (χ4n) is 3.91. The van der Waals surface area contributed by atoms with Gasteiger partial charge in [-0.25, -0.2) is 14.2 Å². The summed E-state index contributed by atoms with van der Waals surface area (Å²) in [5.74, 6) is -2.39. The highest BCUT2D eigenvalue weighted by atomic mass is 19.1. The number of hydrazine groups is 1. The van der Waals surface area contributed by atoms with E-state index in [4.69, 9.17) is 4.74 Å². The van der Waals surface area contributed by atoms with Crippen LogP contribution in [0.5, 0.6) is 0 Å². The summed E-state index contributed by atoms with van der Waals surface area (Å²) < 4.78 is 19.5. The van der Waals surface area contributed by atoms with Gasteiger partial charge in [-0.05, 0) is 57.7 Å². The lowest BCUT2D eigenvalue weighted by molar-refractivity contribution is -0.130. The normalized spacial score (nSPS) is 16.5. The maximum atomic E-state index is 14.1. The van der Waals surface area contributed by atoms with Crippen LogP contribution in [0.2, 0.25) is 0 Å². The zero-order chi connectivity index (χ0) is 26.6. The molecule has 1 fully saturated rings. The van der Waals surface area contributed by atoms with Gasteiger partial charge in [-0.1, -0.05) is 19.9 Å². The van der Waals surface area contributed by atoms with Crippen LogP contribution in [0, 0.1) is 17.7 Å². The first kappa shape index (κ1) is 27.0. The molecule has 1 saturated heterocycles. The summed E-state index contributed by atoms with van der Waals surface area (Å²) in [5.41, 5.74) is 2.27. The predicted octanol–water partition coefficient (Wildman–Crippen LogP) is 2.86. The molecule has 0 unspecified atom stereocenters. The molecular formula is C25H34FN5O5. The number of nitrogens with one attached hydrogen (secondary N) is 4. The van der Waals surface area contributed by atoms with Crippen molar-refractivity contribution in [2.24, 2.45) is 11.8 Å². The van der Waals surface area contributed by atoms with E-state index in [9.17, 15) is 23.6 Å². The second-order valence-electron chi connectivity index (χ2n) is 10.4. The number of nitrogens with zero attached hydrogens (tertiary/aromatic N) is 1. The average molecular weight is 504 g/mol. The van der Waals surface area contributed by atoms with Gasteiger partial charge in [0.05, 0.1) is 12.5 Å². The lowest BCUT2D eigenvalue weighted by Crippen LogP contribution is -2.56. The number of H-pyrrole nitrogens is 1.